The van der Waals surface area contributed by atoms with Crippen molar-refractivity contribution in [2.75, 3.05) is 0 Å². The Morgan fingerprint density at radius 3 is 1.95 bits per heavy atom. The van der Waals surface area contributed by atoms with E-state index in [9.17, 15) is 9.59 Å². The van der Waals surface area contributed by atoms with Crippen molar-refractivity contribution >= 4 is 40.6 Å². The first kappa shape index (κ1) is 16.0. The predicted octanol–water partition coefficient (Wildman–Crippen LogP) is 3.54. The Bertz CT molecular complexity index is 588. The molecule has 1 aliphatic heterocycles. The quantitative estimate of drug-likeness (QED) is 0.313. The smallest absolute Gasteiger partial charge is 0.348 e. The molecule has 1 aliphatic rings. The van der Waals surface area contributed by atoms with Crippen LogP contribution in [0.25, 0.3) is 6.08 Å². The number of hydrogen-bond donors (Lipinski definition) is 0. The largest absolute Gasteiger partial charge is 0.418 e. The molecule has 21 heavy (non-hydrogen) atoms. The van der Waals surface area contributed by atoms with Crippen LogP contribution in [0.1, 0.15) is 33.3 Å². The second-order valence-electron chi connectivity index (χ2n) is 6.08. The number of halogens is 1. The van der Waals surface area contributed by atoms with E-state index in [2.05, 4.69) is 22.6 Å². The Morgan fingerprint density at radius 2 is 1.52 bits per heavy atom. The topological polar surface area (TPSA) is 52.6 Å². The van der Waals surface area contributed by atoms with E-state index in [0.717, 1.165) is 9.13 Å². The summed E-state index contributed by atoms with van der Waals surface area (Å²) < 4.78 is 11.8. The van der Waals surface area contributed by atoms with Gasteiger partial charge in [0.25, 0.3) is 5.79 Å². The predicted molar refractivity (Wildman–Crippen MR) is 87.2 cm³/mol. The first-order chi connectivity index (χ1) is 9.62. The average Bonchev–Trinajstić information content (AvgIpc) is 2.34. The van der Waals surface area contributed by atoms with Gasteiger partial charge in [0.1, 0.15) is 5.57 Å². The second kappa shape index (κ2) is 5.44. The summed E-state index contributed by atoms with van der Waals surface area (Å²) in [6, 6.07) is 7.44. The van der Waals surface area contributed by atoms with Crippen LogP contribution in [0.3, 0.4) is 0 Å². The van der Waals surface area contributed by atoms with Gasteiger partial charge in [-0.2, -0.15) is 0 Å². The number of carbonyl (C=O) groups is 2. The summed E-state index contributed by atoms with van der Waals surface area (Å²) in [6.45, 7) is 7.15. The van der Waals surface area contributed by atoms with Crippen LogP contribution in [0.2, 0.25) is 0 Å². The van der Waals surface area contributed by atoms with Crippen LogP contribution in [-0.4, -0.2) is 17.7 Å². The Hall–Kier alpha value is -1.37. The van der Waals surface area contributed by atoms with Crippen LogP contribution in [0, 0.1) is 8.99 Å². The lowest BCUT2D eigenvalue weighted by Crippen LogP contribution is -2.52. The molecule has 0 radical (unpaired) electrons. The summed E-state index contributed by atoms with van der Waals surface area (Å²) in [5.74, 6) is -2.56. The molecule has 0 N–H and O–H groups in total. The third-order valence-electron chi connectivity index (χ3n) is 3.56. The van der Waals surface area contributed by atoms with Crippen LogP contribution in [0.4, 0.5) is 0 Å². The molecule has 1 aromatic rings. The molecule has 0 amide bonds. The van der Waals surface area contributed by atoms with Crippen molar-refractivity contribution in [3.8, 4) is 0 Å². The molecule has 2 rings (SSSR count). The van der Waals surface area contributed by atoms with Gasteiger partial charge in [-0.3, -0.25) is 0 Å². The number of hydrogen-bond acceptors (Lipinski definition) is 4. The summed E-state index contributed by atoms with van der Waals surface area (Å²) >= 11 is 2.18. The van der Waals surface area contributed by atoms with Crippen molar-refractivity contribution in [2.45, 2.75) is 33.5 Å². The van der Waals surface area contributed by atoms with Gasteiger partial charge in [-0.15, -0.1) is 0 Å². The van der Waals surface area contributed by atoms with E-state index in [1.54, 1.807) is 6.92 Å². The highest BCUT2D eigenvalue weighted by Gasteiger charge is 2.50. The Labute approximate surface area is 137 Å². The number of rotatable bonds is 1. The minimum atomic E-state index is -1.26. The molecule has 0 spiro atoms. The molecule has 0 aromatic heterocycles. The Morgan fingerprint density at radius 1 is 1.05 bits per heavy atom. The van der Waals surface area contributed by atoms with Gasteiger partial charge >= 0.3 is 11.9 Å². The van der Waals surface area contributed by atoms with Crippen LogP contribution in [0.5, 0.6) is 0 Å². The fourth-order valence-electron chi connectivity index (χ4n) is 1.72. The molecule has 1 aromatic carbocycles. The molecular formula is C16H17IO4. The third kappa shape index (κ3) is 3.28. The zero-order valence-corrected chi connectivity index (χ0v) is 14.6. The maximum absolute atomic E-state index is 12.1. The van der Waals surface area contributed by atoms with Crippen molar-refractivity contribution < 1.29 is 19.1 Å². The fraction of sp³-hybridized carbons (Fsp3) is 0.375. The molecule has 4 nitrogen and oxygen atoms in total. The lowest BCUT2D eigenvalue weighted by atomic mass is 9.85. The number of ether oxygens (including phenoxy) is 2. The Kier molecular flexibility index (Phi) is 4.15. The second-order valence-corrected chi connectivity index (χ2v) is 7.33. The molecular weight excluding hydrogens is 383 g/mol. The SMILES string of the molecule is CC(C)(C)C1(C)OC(=O)C(=Cc2ccc(I)cc2)C(=O)O1. The van der Waals surface area contributed by atoms with Crippen LogP contribution < -0.4 is 0 Å². The first-order valence-corrected chi connectivity index (χ1v) is 7.64. The van der Waals surface area contributed by atoms with E-state index in [-0.39, 0.29) is 5.57 Å². The van der Waals surface area contributed by atoms with Crippen LogP contribution >= 0.6 is 22.6 Å². The molecule has 1 heterocycles. The number of carbonyl (C=O) groups excluding carboxylic acids is 2. The monoisotopic (exact) mass is 400 g/mol. The van der Waals surface area contributed by atoms with Gasteiger partial charge < -0.3 is 9.47 Å². The lowest BCUT2D eigenvalue weighted by molar-refractivity contribution is -0.261. The van der Waals surface area contributed by atoms with E-state index in [0.29, 0.717) is 0 Å². The van der Waals surface area contributed by atoms with Gasteiger partial charge in [-0.05, 0) is 46.4 Å². The van der Waals surface area contributed by atoms with Crippen LogP contribution in [0.15, 0.2) is 29.8 Å². The molecule has 0 saturated carbocycles. The third-order valence-corrected chi connectivity index (χ3v) is 4.28. The summed E-state index contributed by atoms with van der Waals surface area (Å²) in [7, 11) is 0. The first-order valence-electron chi connectivity index (χ1n) is 6.56. The standard InChI is InChI=1S/C16H17IO4/c1-15(2,3)16(4)20-13(18)12(14(19)21-16)9-10-5-7-11(17)8-6-10/h5-9H,1-4H3. The molecule has 1 fully saturated rings. The molecule has 0 aliphatic carbocycles. The summed E-state index contributed by atoms with van der Waals surface area (Å²) in [6.07, 6.45) is 1.49. The van der Waals surface area contributed by atoms with Crippen molar-refractivity contribution in [3.05, 3.63) is 39.0 Å². The molecule has 0 bridgehead atoms. The minimum absolute atomic E-state index is 0.0852. The van der Waals surface area contributed by atoms with E-state index in [1.165, 1.54) is 6.08 Å². The van der Waals surface area contributed by atoms with E-state index in [4.69, 9.17) is 9.47 Å². The number of cyclic esters (lactones) is 2. The van der Waals surface area contributed by atoms with E-state index >= 15 is 0 Å². The number of esters is 2. The maximum atomic E-state index is 12.1. The van der Waals surface area contributed by atoms with Gasteiger partial charge in [0, 0.05) is 15.9 Å². The normalized spacial score (nSPS) is 22.6. The van der Waals surface area contributed by atoms with Crippen molar-refractivity contribution in [3.63, 3.8) is 0 Å². The molecule has 5 heteroatoms. The summed E-state index contributed by atoms with van der Waals surface area (Å²) in [4.78, 5) is 24.3. The zero-order valence-electron chi connectivity index (χ0n) is 12.4. The summed E-state index contributed by atoms with van der Waals surface area (Å²) in [5, 5.41) is 0. The van der Waals surface area contributed by atoms with E-state index < -0.39 is 23.1 Å². The highest BCUT2D eigenvalue weighted by molar-refractivity contribution is 14.1. The van der Waals surface area contributed by atoms with Gasteiger partial charge in [-0.25, -0.2) is 9.59 Å². The fourth-order valence-corrected chi connectivity index (χ4v) is 2.08. The average molecular weight is 400 g/mol. The van der Waals surface area contributed by atoms with Crippen molar-refractivity contribution in [2.24, 2.45) is 5.41 Å². The van der Waals surface area contributed by atoms with E-state index in [1.807, 2.05) is 45.0 Å². The molecule has 0 unspecified atom stereocenters. The van der Waals surface area contributed by atoms with Gasteiger partial charge in [0.15, 0.2) is 0 Å². The Balaban J connectivity index is 2.31. The minimum Gasteiger partial charge on any atom is -0.418 e. The zero-order chi connectivity index (χ0) is 15.8. The molecule has 112 valence electrons. The highest BCUT2D eigenvalue weighted by Crippen LogP contribution is 2.38. The summed E-state index contributed by atoms with van der Waals surface area (Å²) in [5.41, 5.74) is 0.156. The van der Waals surface area contributed by atoms with Crippen molar-refractivity contribution in [1.82, 2.24) is 0 Å². The van der Waals surface area contributed by atoms with Gasteiger partial charge in [-0.1, -0.05) is 32.9 Å². The lowest BCUT2D eigenvalue weighted by Gasteiger charge is -2.42. The molecule has 1 saturated heterocycles. The van der Waals surface area contributed by atoms with Gasteiger partial charge in [0.2, 0.25) is 0 Å². The highest BCUT2D eigenvalue weighted by atomic mass is 127. The van der Waals surface area contributed by atoms with Gasteiger partial charge in [0.05, 0.1) is 0 Å². The van der Waals surface area contributed by atoms with Crippen LogP contribution in [-0.2, 0) is 19.1 Å². The number of benzene rings is 1. The molecule has 0 atom stereocenters. The maximum Gasteiger partial charge on any atom is 0.348 e. The van der Waals surface area contributed by atoms with Crippen molar-refractivity contribution in [1.29, 1.82) is 0 Å².